The van der Waals surface area contributed by atoms with Crippen LogP contribution >= 0.6 is 11.3 Å². The van der Waals surface area contributed by atoms with Crippen LogP contribution in [0, 0.1) is 5.92 Å². The van der Waals surface area contributed by atoms with E-state index in [0.717, 1.165) is 19.3 Å². The summed E-state index contributed by atoms with van der Waals surface area (Å²) in [5.74, 6) is 0.946. The molecule has 4 atom stereocenters. The molecule has 116 valence electrons. The van der Waals surface area contributed by atoms with E-state index < -0.39 is 0 Å². The first-order chi connectivity index (χ1) is 10.2. The minimum Gasteiger partial charge on any atom is -0.317 e. The molecule has 0 radical (unpaired) electrons. The van der Waals surface area contributed by atoms with Crippen LogP contribution in [0.2, 0.25) is 0 Å². The van der Waals surface area contributed by atoms with E-state index in [4.69, 9.17) is 0 Å². The van der Waals surface area contributed by atoms with Crippen molar-refractivity contribution in [2.24, 2.45) is 5.92 Å². The van der Waals surface area contributed by atoms with Crippen molar-refractivity contribution in [3.8, 4) is 0 Å². The van der Waals surface area contributed by atoms with Gasteiger partial charge in [0.25, 0.3) is 0 Å². The van der Waals surface area contributed by atoms with E-state index in [2.05, 4.69) is 41.6 Å². The fraction of sp³-hybridized carbons (Fsp3) is 0.706. The van der Waals surface area contributed by atoms with Gasteiger partial charge in [0, 0.05) is 10.9 Å². The Morgan fingerprint density at radius 2 is 2.19 bits per heavy atom. The Morgan fingerprint density at radius 1 is 1.38 bits per heavy atom. The maximum Gasteiger partial charge on any atom is 0.241 e. The van der Waals surface area contributed by atoms with E-state index in [1.165, 1.54) is 24.1 Å². The fourth-order valence-corrected chi connectivity index (χ4v) is 4.66. The Hall–Kier alpha value is -0.870. The first-order valence-electron chi connectivity index (χ1n) is 8.34. The summed E-state index contributed by atoms with van der Waals surface area (Å²) in [5.41, 5.74) is 0. The average molecular weight is 306 g/mol. The van der Waals surface area contributed by atoms with Gasteiger partial charge in [0.05, 0.1) is 6.04 Å². The highest BCUT2D eigenvalue weighted by molar-refractivity contribution is 7.10. The summed E-state index contributed by atoms with van der Waals surface area (Å²) in [5, 5.41) is 5.71. The minimum atomic E-state index is 0.0104. The van der Waals surface area contributed by atoms with Gasteiger partial charge in [0.1, 0.15) is 6.17 Å². The van der Waals surface area contributed by atoms with Crippen molar-refractivity contribution < 1.29 is 4.79 Å². The lowest BCUT2D eigenvalue weighted by atomic mass is 9.84. The lowest BCUT2D eigenvalue weighted by Crippen LogP contribution is -2.45. The van der Waals surface area contributed by atoms with Crippen molar-refractivity contribution in [2.45, 2.75) is 70.6 Å². The molecule has 4 heteroatoms. The third-order valence-electron chi connectivity index (χ3n) is 5.00. The maximum absolute atomic E-state index is 12.9. The molecule has 1 aromatic heterocycles. The summed E-state index contributed by atoms with van der Waals surface area (Å²) in [7, 11) is 0. The molecule has 1 N–H and O–H groups in total. The van der Waals surface area contributed by atoms with Crippen molar-refractivity contribution in [2.75, 3.05) is 0 Å². The molecule has 21 heavy (non-hydrogen) atoms. The summed E-state index contributed by atoms with van der Waals surface area (Å²) in [6.07, 6.45) is 7.08. The predicted octanol–water partition coefficient (Wildman–Crippen LogP) is 3.93. The fourth-order valence-electron chi connectivity index (χ4n) is 3.88. The van der Waals surface area contributed by atoms with Crippen LogP contribution < -0.4 is 5.32 Å². The molecule has 2 heterocycles. The first-order valence-corrected chi connectivity index (χ1v) is 9.22. The van der Waals surface area contributed by atoms with Gasteiger partial charge in [-0.3, -0.25) is 10.1 Å². The number of hydrogen-bond donors (Lipinski definition) is 1. The van der Waals surface area contributed by atoms with Gasteiger partial charge in [0.2, 0.25) is 5.91 Å². The zero-order valence-electron chi connectivity index (χ0n) is 13.0. The highest BCUT2D eigenvalue weighted by Gasteiger charge is 2.44. The zero-order chi connectivity index (χ0) is 14.8. The first kappa shape index (κ1) is 15.0. The summed E-state index contributed by atoms with van der Waals surface area (Å²) in [4.78, 5) is 16.4. The number of hydrogen-bond acceptors (Lipinski definition) is 3. The molecule has 1 saturated carbocycles. The molecular weight excluding hydrogens is 280 g/mol. The molecular formula is C17H26N2OS. The van der Waals surface area contributed by atoms with E-state index >= 15 is 0 Å². The van der Waals surface area contributed by atoms with Crippen LogP contribution in [0.1, 0.15) is 63.4 Å². The van der Waals surface area contributed by atoms with Gasteiger partial charge < -0.3 is 4.90 Å². The lowest BCUT2D eigenvalue weighted by molar-refractivity contribution is -0.134. The minimum absolute atomic E-state index is 0.0104. The molecule has 2 fully saturated rings. The Bertz CT molecular complexity index is 473. The summed E-state index contributed by atoms with van der Waals surface area (Å²) in [6, 6.07) is 4.66. The molecule has 4 unspecified atom stereocenters. The van der Waals surface area contributed by atoms with E-state index in [9.17, 15) is 4.79 Å². The molecule has 1 amide bonds. The number of carbonyl (C=O) groups excluding carboxylic acids is 1. The Morgan fingerprint density at radius 3 is 2.86 bits per heavy atom. The van der Waals surface area contributed by atoms with Crippen molar-refractivity contribution in [3.05, 3.63) is 22.4 Å². The largest absolute Gasteiger partial charge is 0.317 e. The van der Waals surface area contributed by atoms with Crippen LogP contribution in [0.15, 0.2) is 17.5 Å². The summed E-state index contributed by atoms with van der Waals surface area (Å²) < 4.78 is 0. The Labute approximate surface area is 131 Å². The number of nitrogens with one attached hydrogen (secondary N) is 1. The molecule has 0 bridgehead atoms. The monoisotopic (exact) mass is 306 g/mol. The molecule has 1 saturated heterocycles. The van der Waals surface area contributed by atoms with Crippen LogP contribution in [0.25, 0.3) is 0 Å². The molecule has 1 aliphatic carbocycles. The van der Waals surface area contributed by atoms with Crippen LogP contribution in [-0.2, 0) is 4.79 Å². The Balaban J connectivity index is 1.87. The van der Waals surface area contributed by atoms with Crippen molar-refractivity contribution in [1.82, 2.24) is 10.2 Å². The van der Waals surface area contributed by atoms with Crippen LogP contribution in [0.4, 0.5) is 0 Å². The van der Waals surface area contributed by atoms with Gasteiger partial charge in [-0.05, 0) is 36.6 Å². The van der Waals surface area contributed by atoms with Crippen molar-refractivity contribution in [3.63, 3.8) is 0 Å². The van der Waals surface area contributed by atoms with Gasteiger partial charge in [-0.15, -0.1) is 11.3 Å². The zero-order valence-corrected chi connectivity index (χ0v) is 13.9. The topological polar surface area (TPSA) is 32.3 Å². The lowest BCUT2D eigenvalue weighted by Gasteiger charge is -2.39. The van der Waals surface area contributed by atoms with Crippen molar-refractivity contribution >= 4 is 17.2 Å². The number of nitrogens with zero attached hydrogens (tertiary/aromatic N) is 1. The molecule has 3 nitrogen and oxygen atoms in total. The smallest absolute Gasteiger partial charge is 0.241 e. The number of amides is 1. The van der Waals surface area contributed by atoms with Crippen LogP contribution in [-0.4, -0.2) is 22.9 Å². The van der Waals surface area contributed by atoms with E-state index in [-0.39, 0.29) is 12.2 Å². The number of rotatable bonds is 4. The quantitative estimate of drug-likeness (QED) is 0.914. The standard InChI is InChI=1S/C17H26N2OS/c1-3-7-13-17(20)19(14-9-5-4-8-12(14)2)16(18-13)15-10-6-11-21-15/h6,10-14,16,18H,3-5,7-9H2,1-2H3. The predicted molar refractivity (Wildman–Crippen MR) is 87.2 cm³/mol. The molecule has 2 aliphatic rings. The highest BCUT2D eigenvalue weighted by Crippen LogP contribution is 2.38. The van der Waals surface area contributed by atoms with Gasteiger partial charge in [-0.25, -0.2) is 0 Å². The SMILES string of the molecule is CCCC1NC(c2cccs2)N(C2CCCCC2C)C1=O. The normalized spacial score (nSPS) is 33.6. The Kier molecular flexibility index (Phi) is 4.65. The van der Waals surface area contributed by atoms with Crippen LogP contribution in [0.3, 0.4) is 0 Å². The van der Waals surface area contributed by atoms with Crippen molar-refractivity contribution in [1.29, 1.82) is 0 Å². The second kappa shape index (κ2) is 6.49. The van der Waals surface area contributed by atoms with Gasteiger partial charge >= 0.3 is 0 Å². The van der Waals surface area contributed by atoms with E-state index in [1.54, 1.807) is 11.3 Å². The number of thiophene rings is 1. The second-order valence-electron chi connectivity index (χ2n) is 6.50. The highest BCUT2D eigenvalue weighted by atomic mass is 32.1. The molecule has 0 aromatic carbocycles. The van der Waals surface area contributed by atoms with Gasteiger partial charge in [0.15, 0.2) is 0 Å². The maximum atomic E-state index is 12.9. The van der Waals surface area contributed by atoms with Crippen LogP contribution in [0.5, 0.6) is 0 Å². The number of carbonyl (C=O) groups is 1. The third kappa shape index (κ3) is 2.88. The average Bonchev–Trinajstić information content (AvgIpc) is 3.10. The molecule has 3 rings (SSSR count). The summed E-state index contributed by atoms with van der Waals surface area (Å²) in [6.45, 7) is 4.47. The van der Waals surface area contributed by atoms with Gasteiger partial charge in [-0.2, -0.15) is 0 Å². The second-order valence-corrected chi connectivity index (χ2v) is 7.48. The van der Waals surface area contributed by atoms with Gasteiger partial charge in [-0.1, -0.05) is 39.2 Å². The van der Waals surface area contributed by atoms with E-state index in [1.807, 2.05) is 0 Å². The molecule has 1 aliphatic heterocycles. The molecule has 1 aromatic rings. The summed E-state index contributed by atoms with van der Waals surface area (Å²) >= 11 is 1.75. The van der Waals surface area contributed by atoms with E-state index in [0.29, 0.717) is 17.9 Å². The molecule has 0 spiro atoms. The third-order valence-corrected chi connectivity index (χ3v) is 5.93.